The number of nitrogens with zero attached hydrogens (tertiary/aromatic N) is 1. The van der Waals surface area contributed by atoms with E-state index in [-0.39, 0.29) is 22.6 Å². The number of benzene rings is 1. The van der Waals surface area contributed by atoms with E-state index in [2.05, 4.69) is 35.1 Å². The van der Waals surface area contributed by atoms with Gasteiger partial charge in [-0.1, -0.05) is 29.8 Å². The van der Waals surface area contributed by atoms with Crippen LogP contribution in [-0.4, -0.2) is 24.2 Å². The molecule has 0 spiro atoms. The smallest absolute Gasteiger partial charge is 0.275 e. The predicted octanol–water partition coefficient (Wildman–Crippen LogP) is 3.82. The molecule has 0 radical (unpaired) electrons. The Morgan fingerprint density at radius 2 is 2.05 bits per heavy atom. The molecule has 1 heterocycles. The summed E-state index contributed by atoms with van der Waals surface area (Å²) in [5.41, 5.74) is 0.923. The van der Waals surface area contributed by atoms with Gasteiger partial charge in [-0.3, -0.25) is 10.1 Å². The van der Waals surface area contributed by atoms with Gasteiger partial charge in [-0.2, -0.15) is 0 Å². The summed E-state index contributed by atoms with van der Waals surface area (Å²) >= 11 is 3.31. The summed E-state index contributed by atoms with van der Waals surface area (Å²) < 4.78 is 6.10. The van der Waals surface area contributed by atoms with E-state index in [1.807, 2.05) is 12.1 Å². The van der Waals surface area contributed by atoms with Crippen molar-refractivity contribution >= 4 is 21.6 Å². The number of rotatable bonds is 5. The highest BCUT2D eigenvalue weighted by molar-refractivity contribution is 9.10. The molecule has 1 N–H and O–H groups in total. The lowest BCUT2D eigenvalue weighted by molar-refractivity contribution is -0.386. The second-order valence-corrected chi connectivity index (χ2v) is 6.65. The van der Waals surface area contributed by atoms with Gasteiger partial charge >= 0.3 is 0 Å². The zero-order valence-corrected chi connectivity index (χ0v) is 13.9. The van der Waals surface area contributed by atoms with Crippen LogP contribution in [0.15, 0.2) is 22.7 Å². The minimum Gasteiger partial charge on any atom is -0.381 e. The van der Waals surface area contributed by atoms with E-state index in [4.69, 9.17) is 4.74 Å². The highest BCUT2D eigenvalue weighted by Crippen LogP contribution is 2.33. The number of ether oxygens (including phenoxy) is 1. The Morgan fingerprint density at radius 3 is 2.62 bits per heavy atom. The van der Waals surface area contributed by atoms with Gasteiger partial charge in [0.2, 0.25) is 0 Å². The molecule has 116 valence electrons. The summed E-state index contributed by atoms with van der Waals surface area (Å²) in [4.78, 5) is 11.0. The van der Waals surface area contributed by atoms with Crippen molar-refractivity contribution in [2.24, 2.45) is 5.92 Å². The molecule has 1 saturated heterocycles. The minimum atomic E-state index is -0.304. The third kappa shape index (κ3) is 4.25. The van der Waals surface area contributed by atoms with Gasteiger partial charge in [0, 0.05) is 41.4 Å². The van der Waals surface area contributed by atoms with Crippen molar-refractivity contribution in [3.63, 3.8) is 0 Å². The maximum Gasteiger partial charge on any atom is 0.275 e. The molecule has 0 aliphatic carbocycles. The van der Waals surface area contributed by atoms with Crippen LogP contribution < -0.4 is 5.32 Å². The Kier molecular flexibility index (Phi) is 5.72. The summed E-state index contributed by atoms with van der Waals surface area (Å²) in [6.45, 7) is 5.68. The molecule has 1 atom stereocenters. The third-order valence-electron chi connectivity index (χ3n) is 3.83. The Hall–Kier alpha value is -0.980. The van der Waals surface area contributed by atoms with Crippen molar-refractivity contribution in [2.75, 3.05) is 13.2 Å². The van der Waals surface area contributed by atoms with Crippen molar-refractivity contribution in [1.29, 1.82) is 0 Å². The van der Waals surface area contributed by atoms with E-state index in [0.717, 1.165) is 36.1 Å². The highest BCUT2D eigenvalue weighted by atomic mass is 79.9. The number of nitro benzene ring substituents is 1. The summed E-state index contributed by atoms with van der Waals surface area (Å²) in [6.07, 6.45) is 1.90. The lowest BCUT2D eigenvalue weighted by Crippen LogP contribution is -2.39. The second kappa shape index (κ2) is 7.33. The Labute approximate surface area is 133 Å². The first-order chi connectivity index (χ1) is 9.99. The van der Waals surface area contributed by atoms with Gasteiger partial charge in [0.05, 0.1) is 4.92 Å². The molecule has 1 fully saturated rings. The van der Waals surface area contributed by atoms with Crippen molar-refractivity contribution in [3.8, 4) is 0 Å². The van der Waals surface area contributed by atoms with E-state index in [1.165, 1.54) is 0 Å². The third-order valence-corrected chi connectivity index (χ3v) is 4.32. The molecule has 0 bridgehead atoms. The molecular weight excluding hydrogens is 336 g/mol. The number of nitro groups is 1. The average molecular weight is 357 g/mol. The van der Waals surface area contributed by atoms with Crippen LogP contribution in [0.25, 0.3) is 0 Å². The lowest BCUT2D eigenvalue weighted by Gasteiger charge is -2.31. The summed E-state index contributed by atoms with van der Waals surface area (Å²) in [6, 6.07) is 5.62. The number of hydrogen-bond donors (Lipinski definition) is 1. The zero-order chi connectivity index (χ0) is 15.4. The SMILES string of the molecule is CC(C)C(NC1CCOCC1)c1ccc(Br)cc1[N+](=O)[O-]. The first-order valence-electron chi connectivity index (χ1n) is 7.26. The van der Waals surface area contributed by atoms with Gasteiger partial charge in [0.1, 0.15) is 0 Å². The van der Waals surface area contributed by atoms with Crippen LogP contribution in [0.5, 0.6) is 0 Å². The van der Waals surface area contributed by atoms with Crippen LogP contribution in [-0.2, 0) is 4.74 Å². The van der Waals surface area contributed by atoms with E-state index in [0.29, 0.717) is 6.04 Å². The fourth-order valence-corrected chi connectivity index (χ4v) is 3.05. The van der Waals surface area contributed by atoms with E-state index in [1.54, 1.807) is 6.07 Å². The average Bonchev–Trinajstić information content (AvgIpc) is 2.46. The molecule has 6 heteroatoms. The van der Waals surface area contributed by atoms with Gasteiger partial charge in [0.15, 0.2) is 0 Å². The molecule has 1 unspecified atom stereocenters. The molecule has 0 aromatic heterocycles. The fraction of sp³-hybridized carbons (Fsp3) is 0.600. The van der Waals surface area contributed by atoms with E-state index >= 15 is 0 Å². The molecule has 1 aromatic rings. The molecule has 21 heavy (non-hydrogen) atoms. The molecular formula is C15H21BrN2O3. The normalized spacial score (nSPS) is 17.9. The van der Waals surface area contributed by atoms with Gasteiger partial charge in [-0.15, -0.1) is 0 Å². The predicted molar refractivity (Wildman–Crippen MR) is 85.4 cm³/mol. The molecule has 1 aromatic carbocycles. The largest absolute Gasteiger partial charge is 0.381 e. The summed E-state index contributed by atoms with van der Waals surface area (Å²) in [5.74, 6) is 0.271. The Bertz CT molecular complexity index is 502. The first kappa shape index (κ1) is 16.4. The number of halogens is 1. The highest BCUT2D eigenvalue weighted by Gasteiger charge is 2.27. The van der Waals surface area contributed by atoms with Crippen molar-refractivity contribution in [2.45, 2.75) is 38.8 Å². The lowest BCUT2D eigenvalue weighted by atomic mass is 9.93. The van der Waals surface area contributed by atoms with Gasteiger partial charge < -0.3 is 10.1 Å². The van der Waals surface area contributed by atoms with Gasteiger partial charge in [-0.25, -0.2) is 0 Å². The van der Waals surface area contributed by atoms with E-state index in [9.17, 15) is 10.1 Å². The first-order valence-corrected chi connectivity index (χ1v) is 8.06. The standard InChI is InChI=1S/C15H21BrN2O3/c1-10(2)15(17-12-5-7-21-8-6-12)13-4-3-11(16)9-14(13)18(19)20/h3-4,9-10,12,15,17H,5-8H2,1-2H3. The second-order valence-electron chi connectivity index (χ2n) is 5.74. The van der Waals surface area contributed by atoms with Crippen LogP contribution in [0.1, 0.15) is 38.3 Å². The quantitative estimate of drug-likeness (QED) is 0.643. The van der Waals surface area contributed by atoms with Crippen LogP contribution in [0.3, 0.4) is 0 Å². The summed E-state index contributed by atoms with van der Waals surface area (Å²) in [7, 11) is 0. The van der Waals surface area contributed by atoms with E-state index < -0.39 is 0 Å². The number of hydrogen-bond acceptors (Lipinski definition) is 4. The minimum absolute atomic E-state index is 0.0263. The Morgan fingerprint density at radius 1 is 1.38 bits per heavy atom. The maximum atomic E-state index is 11.3. The topological polar surface area (TPSA) is 64.4 Å². The number of nitrogens with one attached hydrogen (secondary N) is 1. The van der Waals surface area contributed by atoms with Crippen LogP contribution in [0, 0.1) is 16.0 Å². The summed E-state index contributed by atoms with van der Waals surface area (Å²) in [5, 5.41) is 14.9. The molecule has 5 nitrogen and oxygen atoms in total. The molecule has 1 aliphatic rings. The molecule has 0 saturated carbocycles. The Balaban J connectivity index is 2.27. The van der Waals surface area contributed by atoms with Crippen molar-refractivity contribution < 1.29 is 9.66 Å². The van der Waals surface area contributed by atoms with Gasteiger partial charge in [0.25, 0.3) is 5.69 Å². The monoisotopic (exact) mass is 356 g/mol. The zero-order valence-electron chi connectivity index (χ0n) is 12.3. The van der Waals surface area contributed by atoms with Crippen molar-refractivity contribution in [1.82, 2.24) is 5.32 Å². The maximum absolute atomic E-state index is 11.3. The van der Waals surface area contributed by atoms with Crippen LogP contribution in [0.4, 0.5) is 5.69 Å². The van der Waals surface area contributed by atoms with Crippen LogP contribution >= 0.6 is 15.9 Å². The molecule has 2 rings (SSSR count). The molecule has 0 amide bonds. The molecule has 1 aliphatic heterocycles. The van der Waals surface area contributed by atoms with Crippen molar-refractivity contribution in [3.05, 3.63) is 38.3 Å². The van der Waals surface area contributed by atoms with Gasteiger partial charge in [-0.05, 0) is 30.9 Å². The van der Waals surface area contributed by atoms with Crippen LogP contribution in [0.2, 0.25) is 0 Å². The fourth-order valence-electron chi connectivity index (χ4n) is 2.70.